The van der Waals surface area contributed by atoms with Crippen molar-refractivity contribution in [1.82, 2.24) is 10.1 Å². The first-order valence-corrected chi connectivity index (χ1v) is 6.95. The van der Waals surface area contributed by atoms with Crippen molar-refractivity contribution < 1.29 is 4.52 Å². The Labute approximate surface area is 120 Å². The first kappa shape index (κ1) is 12.5. The summed E-state index contributed by atoms with van der Waals surface area (Å²) < 4.78 is 5.21. The number of aromatic nitrogens is 2. The van der Waals surface area contributed by atoms with Crippen molar-refractivity contribution in [3.05, 3.63) is 52.5 Å². The Morgan fingerprint density at radius 2 is 2.30 bits per heavy atom. The molecule has 0 amide bonds. The molecular weight excluding hydrogens is 270 g/mol. The first-order valence-electron chi connectivity index (χ1n) is 6.01. The summed E-state index contributed by atoms with van der Waals surface area (Å²) in [6.07, 6.45) is 5.37. The number of benzene rings is 1. The smallest absolute Gasteiger partial charge is 0.246 e. The van der Waals surface area contributed by atoms with Gasteiger partial charge in [-0.2, -0.15) is 16.3 Å². The second-order valence-electron chi connectivity index (χ2n) is 4.10. The third-order valence-corrected chi connectivity index (χ3v) is 3.40. The molecule has 0 aliphatic heterocycles. The number of hydrogen-bond acceptors (Lipinski definition) is 5. The number of hydrogen-bond donors (Lipinski definition) is 1. The average molecular weight is 281 g/mol. The van der Waals surface area contributed by atoms with E-state index >= 15 is 0 Å². The normalized spacial score (nSPS) is 10.2. The van der Waals surface area contributed by atoms with E-state index in [0.717, 1.165) is 16.8 Å². The Balaban J connectivity index is 1.68. The first-order chi connectivity index (χ1) is 9.85. The number of terminal acetylenes is 1. The van der Waals surface area contributed by atoms with Crippen molar-refractivity contribution in [1.29, 1.82) is 0 Å². The van der Waals surface area contributed by atoms with Gasteiger partial charge in [0.05, 0.1) is 6.54 Å². The lowest BCUT2D eigenvalue weighted by Gasteiger charge is -2.03. The minimum absolute atomic E-state index is 0.463. The highest BCUT2D eigenvalue weighted by atomic mass is 32.1. The summed E-state index contributed by atoms with van der Waals surface area (Å²) >= 11 is 1.60. The largest absolute Gasteiger partial charge is 0.376 e. The second-order valence-corrected chi connectivity index (χ2v) is 4.88. The summed E-state index contributed by atoms with van der Waals surface area (Å²) in [5.41, 5.74) is 2.73. The molecule has 3 rings (SSSR count). The molecule has 5 heteroatoms. The van der Waals surface area contributed by atoms with Crippen LogP contribution in [0.2, 0.25) is 0 Å². The van der Waals surface area contributed by atoms with Crippen LogP contribution in [0, 0.1) is 12.3 Å². The zero-order valence-electron chi connectivity index (χ0n) is 10.5. The summed E-state index contributed by atoms with van der Waals surface area (Å²) in [4.78, 5) is 4.34. The van der Waals surface area contributed by atoms with Gasteiger partial charge >= 0.3 is 0 Å². The predicted molar refractivity (Wildman–Crippen MR) is 79.3 cm³/mol. The lowest BCUT2D eigenvalue weighted by Crippen LogP contribution is -1.99. The Kier molecular flexibility index (Phi) is 3.48. The van der Waals surface area contributed by atoms with Crippen LogP contribution in [0.25, 0.3) is 11.4 Å². The van der Waals surface area contributed by atoms with Crippen molar-refractivity contribution in [3.63, 3.8) is 0 Å². The summed E-state index contributed by atoms with van der Waals surface area (Å²) in [7, 11) is 0. The van der Waals surface area contributed by atoms with Gasteiger partial charge in [-0.15, -0.1) is 6.42 Å². The topological polar surface area (TPSA) is 51.0 Å². The molecule has 4 nitrogen and oxygen atoms in total. The van der Waals surface area contributed by atoms with Gasteiger partial charge in [-0.05, 0) is 29.6 Å². The molecule has 0 radical (unpaired) electrons. The quantitative estimate of drug-likeness (QED) is 0.745. The summed E-state index contributed by atoms with van der Waals surface area (Å²) in [6, 6.07) is 9.59. The van der Waals surface area contributed by atoms with Crippen molar-refractivity contribution in [2.75, 3.05) is 5.32 Å². The summed E-state index contributed by atoms with van der Waals surface area (Å²) in [6.45, 7) is 0.463. The standard InChI is InChI=1S/C15H11N3OS/c1-2-11-4-3-5-13(8-11)16-9-14-17-15(18-19-14)12-6-7-20-10-12/h1,3-8,10,16H,9H2. The third kappa shape index (κ3) is 2.71. The lowest BCUT2D eigenvalue weighted by atomic mass is 10.2. The van der Waals surface area contributed by atoms with E-state index in [0.29, 0.717) is 18.3 Å². The molecule has 1 N–H and O–H groups in total. The van der Waals surface area contributed by atoms with Gasteiger partial charge in [0, 0.05) is 22.2 Å². The van der Waals surface area contributed by atoms with Gasteiger partial charge in [-0.3, -0.25) is 0 Å². The molecule has 0 fully saturated rings. The average Bonchev–Trinajstić information content (AvgIpc) is 3.16. The minimum Gasteiger partial charge on any atom is -0.376 e. The molecule has 0 aliphatic rings. The van der Waals surface area contributed by atoms with E-state index in [-0.39, 0.29) is 0 Å². The molecule has 2 heterocycles. The van der Waals surface area contributed by atoms with Gasteiger partial charge in [0.15, 0.2) is 0 Å². The number of nitrogens with one attached hydrogen (secondary N) is 1. The number of anilines is 1. The molecular formula is C15H11N3OS. The van der Waals surface area contributed by atoms with Crippen LogP contribution < -0.4 is 5.32 Å². The Morgan fingerprint density at radius 1 is 1.35 bits per heavy atom. The summed E-state index contributed by atoms with van der Waals surface area (Å²) in [5.74, 6) is 3.75. The summed E-state index contributed by atoms with van der Waals surface area (Å²) in [5, 5.41) is 11.1. The van der Waals surface area contributed by atoms with E-state index in [9.17, 15) is 0 Å². The van der Waals surface area contributed by atoms with Gasteiger partial charge in [-0.1, -0.05) is 17.1 Å². The molecule has 0 saturated heterocycles. The lowest BCUT2D eigenvalue weighted by molar-refractivity contribution is 0.384. The van der Waals surface area contributed by atoms with Crippen LogP contribution in [0.1, 0.15) is 11.5 Å². The van der Waals surface area contributed by atoms with E-state index in [1.165, 1.54) is 0 Å². The molecule has 0 bridgehead atoms. The van der Waals surface area contributed by atoms with Gasteiger partial charge in [0.25, 0.3) is 0 Å². The molecule has 0 atom stereocenters. The van der Waals surface area contributed by atoms with Crippen LogP contribution in [0.4, 0.5) is 5.69 Å². The molecule has 98 valence electrons. The zero-order valence-corrected chi connectivity index (χ0v) is 11.4. The highest BCUT2D eigenvalue weighted by Gasteiger charge is 2.08. The van der Waals surface area contributed by atoms with Crippen LogP contribution in [-0.2, 0) is 6.54 Å². The SMILES string of the molecule is C#Cc1cccc(NCc2nc(-c3ccsc3)no2)c1. The van der Waals surface area contributed by atoms with Crippen LogP contribution in [0.3, 0.4) is 0 Å². The van der Waals surface area contributed by atoms with Crippen LogP contribution in [0.15, 0.2) is 45.6 Å². The second kappa shape index (κ2) is 5.59. The fraction of sp³-hybridized carbons (Fsp3) is 0.0667. The van der Waals surface area contributed by atoms with Crippen molar-refractivity contribution in [2.45, 2.75) is 6.54 Å². The predicted octanol–water partition coefficient (Wildman–Crippen LogP) is 3.39. The van der Waals surface area contributed by atoms with Crippen molar-refractivity contribution in [3.8, 4) is 23.7 Å². The van der Waals surface area contributed by atoms with E-state index in [1.807, 2.05) is 41.1 Å². The number of rotatable bonds is 4. The maximum Gasteiger partial charge on any atom is 0.246 e. The van der Waals surface area contributed by atoms with E-state index in [4.69, 9.17) is 10.9 Å². The van der Waals surface area contributed by atoms with Crippen molar-refractivity contribution in [2.24, 2.45) is 0 Å². The van der Waals surface area contributed by atoms with Crippen LogP contribution in [0.5, 0.6) is 0 Å². The van der Waals surface area contributed by atoms with Gasteiger partial charge in [-0.25, -0.2) is 0 Å². The molecule has 0 aliphatic carbocycles. The highest BCUT2D eigenvalue weighted by Crippen LogP contribution is 2.19. The van der Waals surface area contributed by atoms with Gasteiger partial charge < -0.3 is 9.84 Å². The molecule has 0 unspecified atom stereocenters. The fourth-order valence-corrected chi connectivity index (χ4v) is 2.37. The Bertz CT molecular complexity index is 741. The molecule has 0 spiro atoms. The van der Waals surface area contributed by atoms with Crippen molar-refractivity contribution >= 4 is 17.0 Å². The monoisotopic (exact) mass is 281 g/mol. The third-order valence-electron chi connectivity index (χ3n) is 2.72. The van der Waals surface area contributed by atoms with E-state index < -0.39 is 0 Å². The molecule has 0 saturated carbocycles. The zero-order chi connectivity index (χ0) is 13.8. The molecule has 2 aromatic heterocycles. The van der Waals surface area contributed by atoms with E-state index in [2.05, 4.69) is 21.4 Å². The Morgan fingerprint density at radius 3 is 3.10 bits per heavy atom. The Hall–Kier alpha value is -2.58. The van der Waals surface area contributed by atoms with E-state index in [1.54, 1.807) is 11.3 Å². The molecule has 20 heavy (non-hydrogen) atoms. The van der Waals surface area contributed by atoms with Gasteiger partial charge in [0.1, 0.15) is 0 Å². The van der Waals surface area contributed by atoms with Crippen LogP contribution >= 0.6 is 11.3 Å². The fourth-order valence-electron chi connectivity index (χ4n) is 1.73. The molecule has 3 aromatic rings. The highest BCUT2D eigenvalue weighted by molar-refractivity contribution is 7.08. The minimum atomic E-state index is 0.463. The number of nitrogens with zero attached hydrogens (tertiary/aromatic N) is 2. The maximum absolute atomic E-state index is 5.37. The number of thiophene rings is 1. The maximum atomic E-state index is 5.37. The van der Waals surface area contributed by atoms with Crippen LogP contribution in [-0.4, -0.2) is 10.1 Å². The molecule has 1 aromatic carbocycles. The van der Waals surface area contributed by atoms with Gasteiger partial charge in [0.2, 0.25) is 11.7 Å².